The molecule has 0 spiro atoms. The summed E-state index contributed by atoms with van der Waals surface area (Å²) >= 11 is 0. The van der Waals surface area contributed by atoms with Gasteiger partial charge in [-0.25, -0.2) is 4.39 Å². The molecule has 8 heteroatoms. The summed E-state index contributed by atoms with van der Waals surface area (Å²) in [4.78, 5) is 45.7. The first-order valence-corrected chi connectivity index (χ1v) is 15.0. The molecule has 226 valence electrons. The molecule has 2 aliphatic heterocycles. The monoisotopic (exact) mass is 586 g/mol. The predicted molar refractivity (Wildman–Crippen MR) is 162 cm³/mol. The van der Waals surface area contributed by atoms with Gasteiger partial charge in [0, 0.05) is 48.4 Å². The number of Topliss-reactive ketones (excluding diaryl/α,β-unsaturated/α-hetero) is 3. The fourth-order valence-corrected chi connectivity index (χ4v) is 6.95. The maximum absolute atomic E-state index is 15.0. The van der Waals surface area contributed by atoms with Crippen LogP contribution in [0.1, 0.15) is 70.4 Å². The van der Waals surface area contributed by atoms with E-state index in [4.69, 9.17) is 0 Å². The Morgan fingerprint density at radius 2 is 1.35 bits per heavy atom. The van der Waals surface area contributed by atoms with Crippen molar-refractivity contribution in [2.75, 3.05) is 26.2 Å². The van der Waals surface area contributed by atoms with Crippen LogP contribution in [-0.2, 0) is 4.79 Å². The van der Waals surface area contributed by atoms with Crippen LogP contribution in [0, 0.1) is 24.6 Å². The number of carbonyl (C=O) groups excluding carboxylic acids is 3. The molecule has 0 aliphatic carbocycles. The van der Waals surface area contributed by atoms with E-state index in [1.165, 1.54) is 30.3 Å². The van der Waals surface area contributed by atoms with Gasteiger partial charge in [0.1, 0.15) is 23.1 Å². The third kappa shape index (κ3) is 6.71. The maximum Gasteiger partial charge on any atom is 0.167 e. The van der Waals surface area contributed by atoms with Crippen LogP contribution in [0.15, 0.2) is 66.7 Å². The molecule has 2 saturated heterocycles. The number of nitrogens with zero attached hydrogens (tertiary/aromatic N) is 2. The topological polar surface area (TPSA) is 98.2 Å². The molecule has 43 heavy (non-hydrogen) atoms. The number of carbonyl (C=O) groups is 3. The van der Waals surface area contributed by atoms with Gasteiger partial charge in [0.25, 0.3) is 0 Å². The molecular weight excluding hydrogens is 547 g/mol. The molecule has 0 saturated carbocycles. The van der Waals surface area contributed by atoms with Gasteiger partial charge in [-0.05, 0) is 81.2 Å². The Morgan fingerprint density at radius 3 is 1.86 bits per heavy atom. The number of ketones is 3. The van der Waals surface area contributed by atoms with Crippen LogP contribution in [0.2, 0.25) is 0 Å². The van der Waals surface area contributed by atoms with E-state index in [9.17, 15) is 24.6 Å². The molecule has 3 aromatic rings. The average Bonchev–Trinajstić information content (AvgIpc) is 3.00. The second-order valence-electron chi connectivity index (χ2n) is 12.0. The zero-order valence-corrected chi connectivity index (χ0v) is 24.7. The van der Waals surface area contributed by atoms with E-state index in [1.54, 1.807) is 50.2 Å². The number of aromatic hydroxyl groups is 2. The van der Waals surface area contributed by atoms with Crippen LogP contribution in [0.25, 0.3) is 0 Å². The number of benzene rings is 3. The van der Waals surface area contributed by atoms with Crippen molar-refractivity contribution < 1.29 is 29.0 Å². The molecule has 4 atom stereocenters. The highest BCUT2D eigenvalue weighted by molar-refractivity contribution is 6.02. The molecular formula is C35H39FN2O5. The molecule has 0 bridgehead atoms. The van der Waals surface area contributed by atoms with Crippen LogP contribution in [0.4, 0.5) is 4.39 Å². The normalized spacial score (nSPS) is 22.2. The lowest BCUT2D eigenvalue weighted by Gasteiger charge is -2.49. The SMILES string of the molecule is CC(=O)CC(N1CCCCC1)N1C[C@H](C(=O)c2cccc(O)c2)C(c2cccc(F)c2C)[C@H](C(=O)c2cccc(O)c2)C1. The van der Waals surface area contributed by atoms with Gasteiger partial charge in [-0.2, -0.15) is 0 Å². The molecule has 7 nitrogen and oxygen atoms in total. The Kier molecular flexibility index (Phi) is 9.37. The number of hydrogen-bond donors (Lipinski definition) is 2. The van der Waals surface area contributed by atoms with Gasteiger partial charge < -0.3 is 10.2 Å². The zero-order valence-electron chi connectivity index (χ0n) is 24.7. The number of hydrogen-bond acceptors (Lipinski definition) is 7. The number of phenols is 2. The summed E-state index contributed by atoms with van der Waals surface area (Å²) in [5, 5.41) is 20.4. The average molecular weight is 587 g/mol. The van der Waals surface area contributed by atoms with Crippen LogP contribution in [-0.4, -0.2) is 69.7 Å². The van der Waals surface area contributed by atoms with E-state index in [0.717, 1.165) is 32.4 Å². The van der Waals surface area contributed by atoms with Crippen molar-refractivity contribution in [3.63, 3.8) is 0 Å². The largest absolute Gasteiger partial charge is 0.508 e. The van der Waals surface area contributed by atoms with Gasteiger partial charge in [-0.3, -0.25) is 24.2 Å². The van der Waals surface area contributed by atoms with Crippen molar-refractivity contribution in [2.24, 2.45) is 11.8 Å². The minimum atomic E-state index is -0.776. The molecule has 2 heterocycles. The van der Waals surface area contributed by atoms with Crippen LogP contribution < -0.4 is 0 Å². The minimum Gasteiger partial charge on any atom is -0.508 e. The van der Waals surface area contributed by atoms with E-state index in [1.807, 2.05) is 0 Å². The predicted octanol–water partition coefficient (Wildman–Crippen LogP) is 5.73. The van der Waals surface area contributed by atoms with Gasteiger partial charge in [0.15, 0.2) is 11.6 Å². The molecule has 2 fully saturated rings. The molecule has 2 N–H and O–H groups in total. The van der Waals surface area contributed by atoms with Crippen molar-refractivity contribution in [3.05, 3.63) is 94.8 Å². The zero-order chi connectivity index (χ0) is 30.7. The van der Waals surface area contributed by atoms with E-state index in [-0.39, 0.29) is 54.5 Å². The van der Waals surface area contributed by atoms with Gasteiger partial charge >= 0.3 is 0 Å². The number of phenolic OH excluding ortho intramolecular Hbond substituents is 2. The second-order valence-corrected chi connectivity index (χ2v) is 12.0. The van der Waals surface area contributed by atoms with Crippen molar-refractivity contribution in [2.45, 2.75) is 51.6 Å². The van der Waals surface area contributed by atoms with Crippen molar-refractivity contribution in [3.8, 4) is 11.5 Å². The minimum absolute atomic E-state index is 0.0189. The van der Waals surface area contributed by atoms with Crippen LogP contribution >= 0.6 is 0 Å². The highest BCUT2D eigenvalue weighted by Crippen LogP contribution is 2.44. The summed E-state index contributed by atoms with van der Waals surface area (Å²) in [7, 11) is 0. The maximum atomic E-state index is 15.0. The van der Waals surface area contributed by atoms with Gasteiger partial charge in [-0.15, -0.1) is 0 Å². The standard InChI is InChI=1S/C35H39FN2O5/c1-22(39)17-32(37-15-4-3-5-16-37)38-20-29(34(42)24-9-6-11-26(40)18-24)33(28-13-8-14-31(36)23(28)2)30(21-38)35(43)25-10-7-12-27(41)19-25/h6-14,18-19,29-30,32-33,40-41H,3-5,15-17,20-21H2,1-2H3/t29-,30+,32?,33?. The summed E-state index contributed by atoms with van der Waals surface area (Å²) in [5.41, 5.74) is 1.56. The third-order valence-corrected chi connectivity index (χ3v) is 9.04. The number of piperidine rings is 2. The molecule has 0 amide bonds. The van der Waals surface area contributed by atoms with E-state index < -0.39 is 23.6 Å². The van der Waals surface area contributed by atoms with E-state index >= 15 is 4.39 Å². The molecule has 3 aromatic carbocycles. The van der Waals surface area contributed by atoms with Crippen molar-refractivity contribution in [1.82, 2.24) is 9.80 Å². The molecule has 2 unspecified atom stereocenters. The second kappa shape index (κ2) is 13.2. The van der Waals surface area contributed by atoms with Gasteiger partial charge in [0.05, 0.1) is 6.17 Å². The van der Waals surface area contributed by atoms with Gasteiger partial charge in [0.2, 0.25) is 0 Å². The first kappa shape index (κ1) is 30.6. The molecule has 5 rings (SSSR count). The fourth-order valence-electron chi connectivity index (χ4n) is 6.95. The Morgan fingerprint density at radius 1 is 0.814 bits per heavy atom. The van der Waals surface area contributed by atoms with Crippen LogP contribution in [0.3, 0.4) is 0 Å². The summed E-state index contributed by atoms with van der Waals surface area (Å²) in [5.74, 6) is -3.26. The highest BCUT2D eigenvalue weighted by Gasteiger charge is 2.47. The lowest BCUT2D eigenvalue weighted by Crippen LogP contribution is -2.59. The highest BCUT2D eigenvalue weighted by atomic mass is 19.1. The summed E-state index contributed by atoms with van der Waals surface area (Å²) in [6.07, 6.45) is 3.08. The van der Waals surface area contributed by atoms with Crippen molar-refractivity contribution >= 4 is 17.3 Å². The third-order valence-electron chi connectivity index (χ3n) is 9.04. The lowest BCUT2D eigenvalue weighted by atomic mass is 9.67. The quantitative estimate of drug-likeness (QED) is 0.309. The number of halogens is 1. The van der Waals surface area contributed by atoms with Crippen LogP contribution in [0.5, 0.6) is 11.5 Å². The molecule has 0 radical (unpaired) electrons. The fraction of sp³-hybridized carbons (Fsp3) is 0.400. The van der Waals surface area contributed by atoms with Crippen molar-refractivity contribution in [1.29, 1.82) is 0 Å². The Labute approximate surface area is 251 Å². The Balaban J connectivity index is 1.67. The summed E-state index contributed by atoms with van der Waals surface area (Å²) in [6.45, 7) is 5.37. The summed E-state index contributed by atoms with van der Waals surface area (Å²) < 4.78 is 15.0. The molecule has 0 aromatic heterocycles. The lowest BCUT2D eigenvalue weighted by molar-refractivity contribution is -0.121. The van der Waals surface area contributed by atoms with Gasteiger partial charge in [-0.1, -0.05) is 42.8 Å². The van der Waals surface area contributed by atoms with E-state index in [2.05, 4.69) is 9.80 Å². The first-order chi connectivity index (χ1) is 20.6. The number of likely N-dealkylation sites (tertiary alicyclic amines) is 2. The molecule has 2 aliphatic rings. The Bertz CT molecular complexity index is 1430. The Hall–Kier alpha value is -3.88. The smallest absolute Gasteiger partial charge is 0.167 e. The summed E-state index contributed by atoms with van der Waals surface area (Å²) in [6, 6.07) is 17.1. The van der Waals surface area contributed by atoms with E-state index in [0.29, 0.717) is 22.3 Å². The first-order valence-electron chi connectivity index (χ1n) is 15.0. The number of rotatable bonds is 9.